The van der Waals surface area contributed by atoms with Gasteiger partial charge in [-0.05, 0) is 27.7 Å². The molecule has 0 aromatic carbocycles. The second-order valence-electron chi connectivity index (χ2n) is 6.65. The molecule has 1 aromatic heterocycles. The third-order valence-electron chi connectivity index (χ3n) is 3.24. The number of nitrogens with zero attached hydrogens (tertiary/aromatic N) is 3. The summed E-state index contributed by atoms with van der Waals surface area (Å²) in [6.45, 7) is 19.2. The molecule has 0 spiro atoms. The molecule has 0 saturated heterocycles. The van der Waals surface area contributed by atoms with Gasteiger partial charge in [-0.3, -0.25) is 0 Å². The van der Waals surface area contributed by atoms with Crippen molar-refractivity contribution in [3.63, 3.8) is 0 Å². The number of nitrogens with one attached hydrogen (secondary N) is 1. The smallest absolute Gasteiger partial charge is 0.131 e. The van der Waals surface area contributed by atoms with Crippen LogP contribution in [0.15, 0.2) is 18.9 Å². The van der Waals surface area contributed by atoms with E-state index >= 15 is 0 Å². The van der Waals surface area contributed by atoms with Gasteiger partial charge in [0.15, 0.2) is 0 Å². The van der Waals surface area contributed by atoms with Crippen LogP contribution in [0.2, 0.25) is 0 Å². The first-order chi connectivity index (χ1) is 9.78. The number of rotatable bonds is 7. The molecule has 0 aliphatic rings. The van der Waals surface area contributed by atoms with Crippen LogP contribution in [0.1, 0.15) is 59.0 Å². The molecule has 1 N–H and O–H groups in total. The molecule has 21 heavy (non-hydrogen) atoms. The first-order valence-corrected chi connectivity index (χ1v) is 7.75. The predicted octanol–water partition coefficient (Wildman–Crippen LogP) is 3.50. The molecule has 118 valence electrons. The van der Waals surface area contributed by atoms with Crippen molar-refractivity contribution in [1.29, 1.82) is 0 Å². The number of aromatic nitrogens is 2. The Balaban J connectivity index is 3.12. The molecular formula is C17H30N4. The Morgan fingerprint density at radius 2 is 2.05 bits per heavy atom. The van der Waals surface area contributed by atoms with Crippen molar-refractivity contribution in [3.05, 3.63) is 30.4 Å². The van der Waals surface area contributed by atoms with Gasteiger partial charge in [-0.25, -0.2) is 9.97 Å². The Hall–Kier alpha value is -1.42. The fraction of sp³-hybridized carbons (Fsp3) is 0.647. The lowest BCUT2D eigenvalue weighted by Gasteiger charge is -2.26. The van der Waals surface area contributed by atoms with Crippen molar-refractivity contribution in [2.45, 2.75) is 59.5 Å². The van der Waals surface area contributed by atoms with E-state index in [4.69, 9.17) is 4.98 Å². The third kappa shape index (κ3) is 5.46. The van der Waals surface area contributed by atoms with E-state index in [2.05, 4.69) is 63.3 Å². The first kappa shape index (κ1) is 17.6. The van der Waals surface area contributed by atoms with Gasteiger partial charge in [0.1, 0.15) is 5.82 Å². The average molecular weight is 290 g/mol. The third-order valence-corrected chi connectivity index (χ3v) is 3.24. The molecule has 0 unspecified atom stereocenters. The molecule has 4 nitrogen and oxygen atoms in total. The number of likely N-dealkylation sites (N-methyl/N-ethyl adjacent to an activating group) is 1. The number of hydrogen-bond donors (Lipinski definition) is 1. The maximum absolute atomic E-state index is 4.78. The molecule has 4 heteroatoms. The van der Waals surface area contributed by atoms with E-state index < -0.39 is 0 Å². The Bertz CT molecular complexity index is 460. The van der Waals surface area contributed by atoms with E-state index in [1.807, 2.05) is 12.3 Å². The van der Waals surface area contributed by atoms with E-state index in [0.29, 0.717) is 5.92 Å². The van der Waals surface area contributed by atoms with Gasteiger partial charge in [-0.2, -0.15) is 0 Å². The largest absolute Gasteiger partial charge is 0.365 e. The summed E-state index contributed by atoms with van der Waals surface area (Å²) in [7, 11) is 0. The van der Waals surface area contributed by atoms with Gasteiger partial charge < -0.3 is 10.2 Å². The maximum Gasteiger partial charge on any atom is 0.131 e. The van der Waals surface area contributed by atoms with Gasteiger partial charge in [0.25, 0.3) is 0 Å². The van der Waals surface area contributed by atoms with Crippen LogP contribution < -0.4 is 10.2 Å². The Morgan fingerprint density at radius 1 is 1.38 bits per heavy atom. The molecular weight excluding hydrogens is 260 g/mol. The van der Waals surface area contributed by atoms with Crippen LogP contribution in [0.25, 0.3) is 0 Å². The van der Waals surface area contributed by atoms with E-state index in [1.54, 1.807) is 0 Å². The van der Waals surface area contributed by atoms with Crippen LogP contribution in [0.4, 0.5) is 5.69 Å². The summed E-state index contributed by atoms with van der Waals surface area (Å²) >= 11 is 0. The van der Waals surface area contributed by atoms with Crippen molar-refractivity contribution in [1.82, 2.24) is 15.3 Å². The minimum atomic E-state index is 0.0652. The van der Waals surface area contributed by atoms with Crippen molar-refractivity contribution in [3.8, 4) is 0 Å². The molecule has 0 aliphatic heterocycles. The second-order valence-corrected chi connectivity index (χ2v) is 6.65. The summed E-state index contributed by atoms with van der Waals surface area (Å²) < 4.78 is 0. The standard InChI is InChI=1S/C17H30N4/c1-8-10-21(9-2)15-12-18-16(13(3)4)20-14(15)11-19-17(5,6)7/h8,12-13,19H,1,9-11H2,2-7H3. The van der Waals surface area contributed by atoms with Crippen LogP contribution in [0.3, 0.4) is 0 Å². The number of anilines is 1. The predicted molar refractivity (Wildman–Crippen MR) is 90.8 cm³/mol. The van der Waals surface area contributed by atoms with Gasteiger partial charge >= 0.3 is 0 Å². The molecule has 1 aromatic rings. The minimum Gasteiger partial charge on any atom is -0.365 e. The molecule has 1 heterocycles. The highest BCUT2D eigenvalue weighted by Gasteiger charge is 2.16. The van der Waals surface area contributed by atoms with Crippen LogP contribution in [0, 0.1) is 0 Å². The molecule has 0 radical (unpaired) electrons. The average Bonchev–Trinajstić information content (AvgIpc) is 2.41. The van der Waals surface area contributed by atoms with Gasteiger partial charge in [0.05, 0.1) is 17.6 Å². The van der Waals surface area contributed by atoms with E-state index in [0.717, 1.165) is 36.8 Å². The van der Waals surface area contributed by atoms with E-state index in [-0.39, 0.29) is 5.54 Å². The molecule has 0 fully saturated rings. The lowest BCUT2D eigenvalue weighted by atomic mass is 10.1. The van der Waals surface area contributed by atoms with E-state index in [9.17, 15) is 0 Å². The molecule has 0 saturated carbocycles. The van der Waals surface area contributed by atoms with Crippen LogP contribution in [0.5, 0.6) is 0 Å². The summed E-state index contributed by atoms with van der Waals surface area (Å²) in [5.74, 6) is 1.24. The van der Waals surface area contributed by atoms with Crippen molar-refractivity contribution in [2.75, 3.05) is 18.0 Å². The Labute approximate surface area is 129 Å². The highest BCUT2D eigenvalue weighted by molar-refractivity contribution is 5.49. The Kier molecular flexibility index (Phi) is 6.34. The molecule has 0 amide bonds. The number of hydrogen-bond acceptors (Lipinski definition) is 4. The van der Waals surface area contributed by atoms with E-state index in [1.165, 1.54) is 0 Å². The van der Waals surface area contributed by atoms with Gasteiger partial charge in [-0.1, -0.05) is 19.9 Å². The van der Waals surface area contributed by atoms with Gasteiger partial charge in [0.2, 0.25) is 0 Å². The SMILES string of the molecule is C=CCN(CC)c1cnc(C(C)C)nc1CNC(C)(C)C. The van der Waals surface area contributed by atoms with Crippen LogP contribution in [-0.4, -0.2) is 28.6 Å². The first-order valence-electron chi connectivity index (χ1n) is 7.75. The lowest BCUT2D eigenvalue weighted by molar-refractivity contribution is 0.420. The van der Waals surface area contributed by atoms with Crippen molar-refractivity contribution in [2.24, 2.45) is 0 Å². The minimum absolute atomic E-state index is 0.0652. The summed E-state index contributed by atoms with van der Waals surface area (Å²) in [4.78, 5) is 11.5. The topological polar surface area (TPSA) is 41.1 Å². The summed E-state index contributed by atoms with van der Waals surface area (Å²) in [6, 6.07) is 0. The maximum atomic E-state index is 4.78. The monoisotopic (exact) mass is 290 g/mol. The molecule has 0 aliphatic carbocycles. The fourth-order valence-electron chi connectivity index (χ4n) is 2.00. The zero-order chi connectivity index (χ0) is 16.0. The van der Waals surface area contributed by atoms with Crippen molar-refractivity contribution < 1.29 is 0 Å². The molecule has 0 bridgehead atoms. The Morgan fingerprint density at radius 3 is 2.52 bits per heavy atom. The highest BCUT2D eigenvalue weighted by Crippen LogP contribution is 2.21. The fourth-order valence-corrected chi connectivity index (χ4v) is 2.00. The second kappa shape index (κ2) is 7.55. The van der Waals surface area contributed by atoms with Gasteiger partial charge in [-0.15, -0.1) is 6.58 Å². The highest BCUT2D eigenvalue weighted by atomic mass is 15.1. The van der Waals surface area contributed by atoms with Crippen molar-refractivity contribution >= 4 is 5.69 Å². The summed E-state index contributed by atoms with van der Waals surface area (Å²) in [5, 5.41) is 3.52. The molecule has 1 rings (SSSR count). The molecule has 0 atom stereocenters. The van der Waals surface area contributed by atoms with Gasteiger partial charge in [0, 0.05) is 31.1 Å². The van der Waals surface area contributed by atoms with Crippen LogP contribution >= 0.6 is 0 Å². The summed E-state index contributed by atoms with van der Waals surface area (Å²) in [5.41, 5.74) is 2.22. The zero-order valence-corrected chi connectivity index (χ0v) is 14.4. The quantitative estimate of drug-likeness (QED) is 0.780. The summed E-state index contributed by atoms with van der Waals surface area (Å²) in [6.07, 6.45) is 3.87. The normalized spacial score (nSPS) is 11.8. The van der Waals surface area contributed by atoms with Crippen LogP contribution in [-0.2, 0) is 6.54 Å². The lowest BCUT2D eigenvalue weighted by Crippen LogP contribution is -2.36. The zero-order valence-electron chi connectivity index (χ0n) is 14.4.